The molecule has 10 atom stereocenters. The normalized spacial score (nSPS) is 60.1. The van der Waals surface area contributed by atoms with E-state index < -0.39 is 0 Å². The molecule has 0 unspecified atom stereocenters. The van der Waals surface area contributed by atoms with Crippen LogP contribution in [-0.4, -0.2) is 47.4 Å². The third kappa shape index (κ3) is 2.43. The van der Waals surface area contributed by atoms with E-state index >= 15 is 0 Å². The average Bonchev–Trinajstić information content (AvgIpc) is 3.36. The van der Waals surface area contributed by atoms with Crippen molar-refractivity contribution in [3.8, 4) is 0 Å². The smallest absolute Gasteiger partial charge is 0.0847 e. The first kappa shape index (κ1) is 17.7. The molecule has 4 saturated carbocycles. The molecule has 27 heavy (non-hydrogen) atoms. The Labute approximate surface area is 165 Å². The fourth-order valence-electron chi connectivity index (χ4n) is 9.11. The van der Waals surface area contributed by atoms with Gasteiger partial charge in [0.05, 0.1) is 18.3 Å². The number of ether oxygens (including phenoxy) is 1. The van der Waals surface area contributed by atoms with Gasteiger partial charge in [0.15, 0.2) is 0 Å². The average molecular weight is 374 g/mol. The standard InChI is InChI=1S/C24H39NO2/c1-23-9-8-17-16(7-6-15-12-20-21(27-20)14-24(15,17)2)18(23)13-19(22(23)26)25-10-4-3-5-11-25/h15-22,26H,3-14H2,1-2H3/t15-,16+,17-,18-,19+,20+,21-,22-,23-,24-/m0/s1. The first-order valence-electron chi connectivity index (χ1n) is 12.1. The lowest BCUT2D eigenvalue weighted by Crippen LogP contribution is -2.54. The van der Waals surface area contributed by atoms with Gasteiger partial charge in [-0.25, -0.2) is 0 Å². The summed E-state index contributed by atoms with van der Waals surface area (Å²) < 4.78 is 5.99. The maximum absolute atomic E-state index is 11.5. The molecule has 4 aliphatic carbocycles. The molecular formula is C24H39NO2. The van der Waals surface area contributed by atoms with Gasteiger partial charge in [-0.05, 0) is 105 Å². The lowest BCUT2D eigenvalue weighted by molar-refractivity contribution is -0.119. The number of hydrogen-bond donors (Lipinski definition) is 1. The number of epoxide rings is 1. The number of aliphatic hydroxyl groups excluding tert-OH is 1. The van der Waals surface area contributed by atoms with E-state index in [1.54, 1.807) is 0 Å². The summed E-state index contributed by atoms with van der Waals surface area (Å²) in [6, 6.07) is 0.437. The Morgan fingerprint density at radius 1 is 0.889 bits per heavy atom. The van der Waals surface area contributed by atoms with Gasteiger partial charge in [0.2, 0.25) is 0 Å². The zero-order valence-electron chi connectivity index (χ0n) is 17.4. The van der Waals surface area contributed by atoms with Crippen LogP contribution in [0, 0.1) is 34.5 Å². The number of fused-ring (bicyclic) bond motifs is 6. The first-order chi connectivity index (χ1) is 13.0. The van der Waals surface area contributed by atoms with Crippen molar-refractivity contribution in [3.63, 3.8) is 0 Å². The van der Waals surface area contributed by atoms with Crippen molar-refractivity contribution in [2.24, 2.45) is 34.5 Å². The molecule has 3 nitrogen and oxygen atoms in total. The molecule has 2 heterocycles. The minimum absolute atomic E-state index is 0.102. The Morgan fingerprint density at radius 3 is 2.52 bits per heavy atom. The highest BCUT2D eigenvalue weighted by atomic mass is 16.6. The second-order valence-corrected chi connectivity index (χ2v) is 11.7. The van der Waals surface area contributed by atoms with E-state index in [0.717, 1.165) is 23.7 Å². The number of likely N-dealkylation sites (tertiary alicyclic amines) is 1. The predicted octanol–water partition coefficient (Wildman–Crippen LogP) is 4.23. The Hall–Kier alpha value is -0.120. The van der Waals surface area contributed by atoms with E-state index in [1.165, 1.54) is 77.3 Å². The molecule has 3 heteroatoms. The monoisotopic (exact) mass is 373 g/mol. The van der Waals surface area contributed by atoms with Crippen molar-refractivity contribution in [1.82, 2.24) is 4.90 Å². The molecule has 0 aromatic rings. The van der Waals surface area contributed by atoms with Crippen LogP contribution in [0.4, 0.5) is 0 Å². The minimum atomic E-state index is -0.102. The van der Waals surface area contributed by atoms with Crippen LogP contribution in [0.3, 0.4) is 0 Å². The molecule has 6 rings (SSSR count). The zero-order valence-corrected chi connectivity index (χ0v) is 17.4. The minimum Gasteiger partial charge on any atom is -0.391 e. The number of aliphatic hydroxyl groups is 1. The van der Waals surface area contributed by atoms with Gasteiger partial charge < -0.3 is 9.84 Å². The molecule has 6 aliphatic rings. The van der Waals surface area contributed by atoms with Crippen LogP contribution < -0.4 is 0 Å². The highest BCUT2D eigenvalue weighted by molar-refractivity contribution is 5.14. The van der Waals surface area contributed by atoms with Crippen LogP contribution in [0.2, 0.25) is 0 Å². The fraction of sp³-hybridized carbons (Fsp3) is 1.00. The van der Waals surface area contributed by atoms with Crippen molar-refractivity contribution < 1.29 is 9.84 Å². The van der Waals surface area contributed by atoms with Crippen LogP contribution in [-0.2, 0) is 4.74 Å². The summed E-state index contributed by atoms with van der Waals surface area (Å²) in [7, 11) is 0. The van der Waals surface area contributed by atoms with Crippen molar-refractivity contribution in [3.05, 3.63) is 0 Å². The van der Waals surface area contributed by atoms with Crippen LogP contribution in [0.25, 0.3) is 0 Å². The van der Waals surface area contributed by atoms with Gasteiger partial charge in [-0.2, -0.15) is 0 Å². The van der Waals surface area contributed by atoms with Gasteiger partial charge in [0.1, 0.15) is 0 Å². The van der Waals surface area contributed by atoms with E-state index in [2.05, 4.69) is 18.7 Å². The Bertz CT molecular complexity index is 603. The summed E-state index contributed by atoms with van der Waals surface area (Å²) in [4.78, 5) is 2.67. The Balaban J connectivity index is 1.27. The zero-order chi connectivity index (χ0) is 18.4. The summed E-state index contributed by atoms with van der Waals surface area (Å²) in [6.45, 7) is 7.53. The summed E-state index contributed by atoms with van der Waals surface area (Å²) in [6.07, 6.45) is 14.5. The molecule has 6 fully saturated rings. The SMILES string of the molecule is C[C@]12C[C@@H]3O[C@@H]3C[C@@H]1CC[C@@H]1[C@@H]2CC[C@]2(C)[C@@H](O)[C@H](N3CCCCC3)C[C@@H]12. The largest absolute Gasteiger partial charge is 0.391 e. The third-order valence-corrected chi connectivity index (χ3v) is 10.7. The maximum atomic E-state index is 11.5. The number of nitrogens with zero attached hydrogens (tertiary/aromatic N) is 1. The molecule has 0 bridgehead atoms. The van der Waals surface area contributed by atoms with Gasteiger partial charge in [-0.3, -0.25) is 4.90 Å². The van der Waals surface area contributed by atoms with Crippen molar-refractivity contribution in [2.75, 3.05) is 13.1 Å². The molecular weight excluding hydrogens is 334 g/mol. The second-order valence-electron chi connectivity index (χ2n) is 11.7. The summed E-state index contributed by atoms with van der Waals surface area (Å²) in [5.74, 6) is 3.38. The Kier molecular flexibility index (Phi) is 3.91. The quantitative estimate of drug-likeness (QED) is 0.699. The summed E-state index contributed by atoms with van der Waals surface area (Å²) >= 11 is 0. The number of rotatable bonds is 1. The highest BCUT2D eigenvalue weighted by Gasteiger charge is 2.65. The molecule has 1 N–H and O–H groups in total. The van der Waals surface area contributed by atoms with Gasteiger partial charge in [0.25, 0.3) is 0 Å². The van der Waals surface area contributed by atoms with E-state index in [4.69, 9.17) is 4.74 Å². The molecule has 0 aromatic carbocycles. The molecule has 0 spiro atoms. The number of hydrogen-bond acceptors (Lipinski definition) is 3. The van der Waals surface area contributed by atoms with Crippen molar-refractivity contribution in [1.29, 1.82) is 0 Å². The molecule has 0 amide bonds. The van der Waals surface area contributed by atoms with Crippen molar-refractivity contribution in [2.45, 2.75) is 102 Å². The van der Waals surface area contributed by atoms with Gasteiger partial charge in [-0.1, -0.05) is 20.3 Å². The fourth-order valence-corrected chi connectivity index (χ4v) is 9.11. The highest BCUT2D eigenvalue weighted by Crippen LogP contribution is 2.68. The van der Waals surface area contributed by atoms with E-state index in [0.29, 0.717) is 23.7 Å². The van der Waals surface area contributed by atoms with Crippen LogP contribution in [0.1, 0.15) is 78.1 Å². The second kappa shape index (κ2) is 5.95. The molecule has 0 aromatic heterocycles. The lowest BCUT2D eigenvalue weighted by atomic mass is 9.45. The van der Waals surface area contributed by atoms with E-state index in [-0.39, 0.29) is 11.5 Å². The lowest BCUT2D eigenvalue weighted by Gasteiger charge is -2.59. The molecule has 152 valence electrons. The van der Waals surface area contributed by atoms with Crippen LogP contribution >= 0.6 is 0 Å². The Morgan fingerprint density at radius 2 is 1.70 bits per heavy atom. The van der Waals surface area contributed by atoms with E-state index in [9.17, 15) is 5.11 Å². The van der Waals surface area contributed by atoms with Gasteiger partial charge in [0, 0.05) is 6.04 Å². The summed E-state index contributed by atoms with van der Waals surface area (Å²) in [5.41, 5.74) is 0.676. The molecule has 2 saturated heterocycles. The summed E-state index contributed by atoms with van der Waals surface area (Å²) in [5, 5.41) is 11.5. The van der Waals surface area contributed by atoms with Gasteiger partial charge in [-0.15, -0.1) is 0 Å². The number of piperidine rings is 1. The topological polar surface area (TPSA) is 36.0 Å². The molecule has 0 radical (unpaired) electrons. The maximum Gasteiger partial charge on any atom is 0.0847 e. The van der Waals surface area contributed by atoms with Crippen LogP contribution in [0.15, 0.2) is 0 Å². The van der Waals surface area contributed by atoms with Crippen LogP contribution in [0.5, 0.6) is 0 Å². The third-order valence-electron chi connectivity index (χ3n) is 10.7. The van der Waals surface area contributed by atoms with Crippen molar-refractivity contribution >= 4 is 0 Å². The first-order valence-corrected chi connectivity index (χ1v) is 12.1. The predicted molar refractivity (Wildman–Crippen MR) is 106 cm³/mol. The van der Waals surface area contributed by atoms with Gasteiger partial charge >= 0.3 is 0 Å². The molecule has 2 aliphatic heterocycles. The van der Waals surface area contributed by atoms with E-state index in [1.807, 2.05) is 0 Å².